The molecule has 0 spiro atoms. The van der Waals surface area contributed by atoms with Gasteiger partial charge in [-0.05, 0) is 12.3 Å². The number of hydrogen-bond acceptors (Lipinski definition) is 2. The van der Waals surface area contributed by atoms with Gasteiger partial charge in [-0.2, -0.15) is 0 Å². The van der Waals surface area contributed by atoms with Gasteiger partial charge in [0.05, 0.1) is 6.54 Å². The van der Waals surface area contributed by atoms with Gasteiger partial charge in [-0.15, -0.1) is 0 Å². The molecule has 0 saturated carbocycles. The van der Waals surface area contributed by atoms with E-state index in [0.29, 0.717) is 5.92 Å². The number of carboxylic acids is 1. The van der Waals surface area contributed by atoms with E-state index in [-0.39, 0.29) is 6.54 Å². The van der Waals surface area contributed by atoms with Crippen molar-refractivity contribution in [2.24, 2.45) is 5.92 Å². The Balaban J connectivity index is 2.42. The number of carbonyl (C=O) groups is 1. The average Bonchev–Trinajstić information content (AvgIpc) is 2.04. The first-order chi connectivity index (χ1) is 6.09. The van der Waals surface area contributed by atoms with E-state index in [4.69, 9.17) is 5.11 Å². The summed E-state index contributed by atoms with van der Waals surface area (Å²) < 4.78 is 0. The van der Waals surface area contributed by atoms with Gasteiger partial charge in [-0.25, -0.2) is 0 Å². The molecular weight excluding hydrogens is 166 g/mol. The summed E-state index contributed by atoms with van der Waals surface area (Å²) in [5.41, 5.74) is 1.46. The van der Waals surface area contributed by atoms with E-state index in [9.17, 15) is 4.79 Å². The molecule has 0 aromatic heterocycles. The Labute approximate surface area is 79.0 Å². The molecule has 74 valence electrons. The molecule has 0 amide bonds. The third-order valence-electron chi connectivity index (χ3n) is 2.43. The zero-order chi connectivity index (χ0) is 9.84. The Hall–Kier alpha value is -0.830. The molecule has 0 atom stereocenters. The Morgan fingerprint density at radius 3 is 2.77 bits per heavy atom. The van der Waals surface area contributed by atoms with Gasteiger partial charge < -0.3 is 5.11 Å². The van der Waals surface area contributed by atoms with Crippen LogP contribution in [0.25, 0.3) is 0 Å². The van der Waals surface area contributed by atoms with Gasteiger partial charge in [0.2, 0.25) is 0 Å². The quantitative estimate of drug-likeness (QED) is 0.672. The second-order valence-electron chi connectivity index (χ2n) is 3.81. The van der Waals surface area contributed by atoms with Crippen molar-refractivity contribution in [3.8, 4) is 0 Å². The predicted molar refractivity (Wildman–Crippen MR) is 51.6 cm³/mol. The fraction of sp³-hybridized carbons (Fsp3) is 0.700. The second kappa shape index (κ2) is 4.42. The predicted octanol–water partition coefficient (Wildman–Crippen LogP) is 1.36. The van der Waals surface area contributed by atoms with Crippen LogP contribution in [-0.2, 0) is 4.79 Å². The van der Waals surface area contributed by atoms with Gasteiger partial charge in [-0.1, -0.05) is 25.5 Å². The maximum atomic E-state index is 10.4. The third-order valence-corrected chi connectivity index (χ3v) is 2.43. The van der Waals surface area contributed by atoms with Crippen molar-refractivity contribution in [1.29, 1.82) is 0 Å². The highest BCUT2D eigenvalue weighted by atomic mass is 16.4. The number of rotatable bonds is 3. The molecule has 0 bridgehead atoms. The van der Waals surface area contributed by atoms with Crippen molar-refractivity contribution >= 4 is 5.97 Å². The molecule has 1 N–H and O–H groups in total. The van der Waals surface area contributed by atoms with Gasteiger partial charge in [0.25, 0.3) is 0 Å². The lowest BCUT2D eigenvalue weighted by Crippen LogP contribution is -2.34. The standard InChI is InChI=1S/C10H17NO2/c1-8(2)9-3-5-11(6-4-9)7-10(12)13/h3,8H,4-7H2,1-2H3,(H,12,13). The zero-order valence-corrected chi connectivity index (χ0v) is 8.29. The van der Waals surface area contributed by atoms with Gasteiger partial charge in [0.15, 0.2) is 0 Å². The zero-order valence-electron chi connectivity index (χ0n) is 8.29. The molecule has 1 aliphatic rings. The van der Waals surface area contributed by atoms with E-state index in [2.05, 4.69) is 19.9 Å². The van der Waals surface area contributed by atoms with E-state index < -0.39 is 5.97 Å². The third kappa shape index (κ3) is 3.19. The molecule has 3 heteroatoms. The molecule has 1 rings (SSSR count). The van der Waals surface area contributed by atoms with E-state index in [0.717, 1.165) is 19.5 Å². The smallest absolute Gasteiger partial charge is 0.317 e. The fourth-order valence-corrected chi connectivity index (χ4v) is 1.59. The second-order valence-corrected chi connectivity index (χ2v) is 3.81. The van der Waals surface area contributed by atoms with Crippen molar-refractivity contribution in [1.82, 2.24) is 4.90 Å². The van der Waals surface area contributed by atoms with Crippen molar-refractivity contribution in [2.45, 2.75) is 20.3 Å². The summed E-state index contributed by atoms with van der Waals surface area (Å²) in [4.78, 5) is 12.4. The summed E-state index contributed by atoms with van der Waals surface area (Å²) in [5.74, 6) is -0.131. The van der Waals surface area contributed by atoms with Crippen LogP contribution in [0, 0.1) is 5.92 Å². The molecule has 0 fully saturated rings. The molecule has 13 heavy (non-hydrogen) atoms. The van der Waals surface area contributed by atoms with E-state index in [1.807, 2.05) is 4.90 Å². The average molecular weight is 183 g/mol. The molecule has 1 aliphatic heterocycles. The normalized spacial score (nSPS) is 18.8. The summed E-state index contributed by atoms with van der Waals surface area (Å²) in [6, 6.07) is 0. The van der Waals surface area contributed by atoms with Gasteiger partial charge in [0, 0.05) is 13.1 Å². The first kappa shape index (κ1) is 10.3. The van der Waals surface area contributed by atoms with Crippen molar-refractivity contribution < 1.29 is 9.90 Å². The molecule has 0 radical (unpaired) electrons. The number of hydrogen-bond donors (Lipinski definition) is 1. The SMILES string of the molecule is CC(C)C1=CCN(CC(=O)O)CC1. The van der Waals surface area contributed by atoms with Crippen LogP contribution in [0.3, 0.4) is 0 Å². The van der Waals surface area contributed by atoms with Gasteiger partial charge in [-0.3, -0.25) is 9.69 Å². The lowest BCUT2D eigenvalue weighted by atomic mass is 9.97. The van der Waals surface area contributed by atoms with Gasteiger partial charge in [0.1, 0.15) is 0 Å². The first-order valence-electron chi connectivity index (χ1n) is 4.72. The van der Waals surface area contributed by atoms with Crippen LogP contribution in [-0.4, -0.2) is 35.6 Å². The highest BCUT2D eigenvalue weighted by molar-refractivity contribution is 5.69. The van der Waals surface area contributed by atoms with Crippen LogP contribution in [0.15, 0.2) is 11.6 Å². The van der Waals surface area contributed by atoms with Crippen LogP contribution in [0.4, 0.5) is 0 Å². The number of carboxylic acid groups (broad SMARTS) is 1. The largest absolute Gasteiger partial charge is 0.480 e. The van der Waals surface area contributed by atoms with Gasteiger partial charge >= 0.3 is 5.97 Å². The van der Waals surface area contributed by atoms with E-state index in [1.165, 1.54) is 5.57 Å². The molecule has 0 aromatic rings. The molecule has 0 unspecified atom stereocenters. The van der Waals surface area contributed by atoms with Crippen LogP contribution in [0.1, 0.15) is 20.3 Å². The molecular formula is C10H17NO2. The minimum absolute atomic E-state index is 0.169. The Morgan fingerprint density at radius 2 is 2.38 bits per heavy atom. The lowest BCUT2D eigenvalue weighted by Gasteiger charge is -2.26. The van der Waals surface area contributed by atoms with Crippen LogP contribution in [0.5, 0.6) is 0 Å². The Kier molecular flexibility index (Phi) is 3.48. The summed E-state index contributed by atoms with van der Waals surface area (Å²) >= 11 is 0. The first-order valence-corrected chi connectivity index (χ1v) is 4.72. The van der Waals surface area contributed by atoms with Crippen LogP contribution >= 0.6 is 0 Å². The Bertz CT molecular complexity index is 221. The topological polar surface area (TPSA) is 40.5 Å². The highest BCUT2D eigenvalue weighted by Crippen LogP contribution is 2.18. The summed E-state index contributed by atoms with van der Waals surface area (Å²) in [6.45, 7) is 6.20. The molecule has 0 saturated heterocycles. The van der Waals surface area contributed by atoms with Crippen LogP contribution < -0.4 is 0 Å². The van der Waals surface area contributed by atoms with Crippen molar-refractivity contribution in [2.75, 3.05) is 19.6 Å². The maximum Gasteiger partial charge on any atom is 0.317 e. The van der Waals surface area contributed by atoms with Crippen molar-refractivity contribution in [3.63, 3.8) is 0 Å². The summed E-state index contributed by atoms with van der Waals surface area (Å²) in [7, 11) is 0. The molecule has 1 heterocycles. The fourth-order valence-electron chi connectivity index (χ4n) is 1.59. The lowest BCUT2D eigenvalue weighted by molar-refractivity contribution is -0.138. The number of nitrogens with zero attached hydrogens (tertiary/aromatic N) is 1. The molecule has 0 aromatic carbocycles. The molecule has 3 nitrogen and oxygen atoms in total. The maximum absolute atomic E-state index is 10.4. The Morgan fingerprint density at radius 1 is 1.69 bits per heavy atom. The molecule has 0 aliphatic carbocycles. The minimum atomic E-state index is -0.735. The van der Waals surface area contributed by atoms with E-state index >= 15 is 0 Å². The van der Waals surface area contributed by atoms with E-state index in [1.54, 1.807) is 0 Å². The van der Waals surface area contributed by atoms with Crippen molar-refractivity contribution in [3.05, 3.63) is 11.6 Å². The minimum Gasteiger partial charge on any atom is -0.480 e. The summed E-state index contributed by atoms with van der Waals surface area (Å²) in [6.07, 6.45) is 3.18. The summed E-state index contributed by atoms with van der Waals surface area (Å²) in [5, 5.41) is 8.58. The monoisotopic (exact) mass is 183 g/mol. The van der Waals surface area contributed by atoms with Crippen LogP contribution in [0.2, 0.25) is 0 Å². The highest BCUT2D eigenvalue weighted by Gasteiger charge is 2.15. The number of aliphatic carboxylic acids is 1.